The van der Waals surface area contributed by atoms with Gasteiger partial charge in [-0.1, -0.05) is 13.3 Å². The SMILES string of the molecule is CCCC(CNC(=O)NCC1CCCN1C)C(=O)O. The summed E-state index contributed by atoms with van der Waals surface area (Å²) in [5.74, 6) is -1.34. The molecule has 2 atom stereocenters. The van der Waals surface area contributed by atoms with Crippen molar-refractivity contribution < 1.29 is 14.7 Å². The highest BCUT2D eigenvalue weighted by atomic mass is 16.4. The van der Waals surface area contributed by atoms with Crippen molar-refractivity contribution in [3.8, 4) is 0 Å². The lowest BCUT2D eigenvalue weighted by molar-refractivity contribution is -0.141. The summed E-state index contributed by atoms with van der Waals surface area (Å²) in [4.78, 5) is 24.8. The maximum atomic E-state index is 11.6. The lowest BCUT2D eigenvalue weighted by Crippen LogP contribution is -2.44. The molecule has 2 unspecified atom stereocenters. The number of hydrogen-bond donors (Lipinski definition) is 3. The molecule has 0 aliphatic carbocycles. The quantitative estimate of drug-likeness (QED) is 0.642. The number of carbonyl (C=O) groups excluding carboxylic acids is 1. The van der Waals surface area contributed by atoms with Crippen molar-refractivity contribution in [2.75, 3.05) is 26.7 Å². The molecular weight excluding hydrogens is 246 g/mol. The molecule has 0 aromatic rings. The van der Waals surface area contributed by atoms with E-state index in [-0.39, 0.29) is 12.6 Å². The van der Waals surface area contributed by atoms with Gasteiger partial charge in [-0.2, -0.15) is 0 Å². The van der Waals surface area contributed by atoms with Gasteiger partial charge >= 0.3 is 12.0 Å². The normalized spacial score (nSPS) is 21.1. The first-order valence-electron chi connectivity index (χ1n) is 6.99. The molecule has 0 bridgehead atoms. The van der Waals surface area contributed by atoms with Crippen LogP contribution in [0.25, 0.3) is 0 Å². The highest BCUT2D eigenvalue weighted by Crippen LogP contribution is 2.13. The second-order valence-electron chi connectivity index (χ2n) is 5.19. The van der Waals surface area contributed by atoms with E-state index >= 15 is 0 Å². The lowest BCUT2D eigenvalue weighted by Gasteiger charge is -2.20. The molecule has 0 saturated carbocycles. The van der Waals surface area contributed by atoms with Crippen LogP contribution in [-0.4, -0.2) is 54.7 Å². The van der Waals surface area contributed by atoms with Gasteiger partial charge in [0.1, 0.15) is 0 Å². The van der Waals surface area contributed by atoms with E-state index in [9.17, 15) is 9.59 Å². The van der Waals surface area contributed by atoms with Crippen molar-refractivity contribution in [3.05, 3.63) is 0 Å². The third kappa shape index (κ3) is 5.46. The molecule has 0 spiro atoms. The molecule has 1 heterocycles. The Hall–Kier alpha value is -1.30. The number of carboxylic acids is 1. The van der Waals surface area contributed by atoms with Crippen molar-refractivity contribution in [1.29, 1.82) is 0 Å². The number of likely N-dealkylation sites (N-methyl/N-ethyl adjacent to an activating group) is 1. The molecule has 1 rings (SSSR count). The molecule has 2 amide bonds. The summed E-state index contributed by atoms with van der Waals surface area (Å²) in [5, 5.41) is 14.4. The van der Waals surface area contributed by atoms with Gasteiger partial charge in [0.05, 0.1) is 5.92 Å². The first-order chi connectivity index (χ1) is 9.04. The first kappa shape index (κ1) is 15.8. The van der Waals surface area contributed by atoms with Crippen LogP contribution in [0.3, 0.4) is 0 Å². The van der Waals surface area contributed by atoms with Crippen LogP contribution in [0.1, 0.15) is 32.6 Å². The van der Waals surface area contributed by atoms with Crippen LogP contribution < -0.4 is 10.6 Å². The fourth-order valence-corrected chi connectivity index (χ4v) is 2.39. The molecule has 0 aromatic carbocycles. The number of carboxylic acid groups (broad SMARTS) is 1. The summed E-state index contributed by atoms with van der Waals surface area (Å²) in [5.41, 5.74) is 0. The number of urea groups is 1. The number of nitrogens with zero attached hydrogens (tertiary/aromatic N) is 1. The molecule has 1 fully saturated rings. The summed E-state index contributed by atoms with van der Waals surface area (Å²) < 4.78 is 0. The van der Waals surface area contributed by atoms with Crippen molar-refractivity contribution in [2.24, 2.45) is 5.92 Å². The summed E-state index contributed by atoms with van der Waals surface area (Å²) in [6.45, 7) is 3.82. The molecule has 0 aromatic heterocycles. The minimum absolute atomic E-state index is 0.190. The number of carbonyl (C=O) groups is 2. The Labute approximate surface area is 114 Å². The van der Waals surface area contributed by atoms with Crippen LogP contribution in [0.2, 0.25) is 0 Å². The molecule has 1 aliphatic heterocycles. The molecular formula is C13H25N3O3. The van der Waals surface area contributed by atoms with Gasteiger partial charge in [-0.3, -0.25) is 4.79 Å². The van der Waals surface area contributed by atoms with Crippen LogP contribution in [0.15, 0.2) is 0 Å². The second kappa shape index (κ2) is 7.99. The molecule has 110 valence electrons. The number of nitrogens with one attached hydrogen (secondary N) is 2. The Morgan fingerprint density at radius 2 is 2.16 bits per heavy atom. The zero-order valence-electron chi connectivity index (χ0n) is 11.8. The van der Waals surface area contributed by atoms with E-state index in [4.69, 9.17) is 5.11 Å². The van der Waals surface area contributed by atoms with Gasteiger partial charge in [0, 0.05) is 19.1 Å². The van der Waals surface area contributed by atoms with Gasteiger partial charge in [0.15, 0.2) is 0 Å². The topological polar surface area (TPSA) is 81.7 Å². The number of amides is 2. The smallest absolute Gasteiger partial charge is 0.314 e. The van der Waals surface area contributed by atoms with E-state index in [1.807, 2.05) is 6.92 Å². The van der Waals surface area contributed by atoms with Crippen LogP contribution in [0, 0.1) is 5.92 Å². The Morgan fingerprint density at radius 1 is 1.42 bits per heavy atom. The highest BCUT2D eigenvalue weighted by Gasteiger charge is 2.21. The number of aliphatic carboxylic acids is 1. The summed E-state index contributed by atoms with van der Waals surface area (Å²) >= 11 is 0. The Balaban J connectivity index is 2.21. The van der Waals surface area contributed by atoms with Gasteiger partial charge in [-0.15, -0.1) is 0 Å². The lowest BCUT2D eigenvalue weighted by atomic mass is 10.0. The van der Waals surface area contributed by atoms with Crippen LogP contribution in [-0.2, 0) is 4.79 Å². The highest BCUT2D eigenvalue weighted by molar-refractivity contribution is 5.75. The fourth-order valence-electron chi connectivity index (χ4n) is 2.39. The van der Waals surface area contributed by atoms with Crippen LogP contribution in [0.4, 0.5) is 4.79 Å². The van der Waals surface area contributed by atoms with Gasteiger partial charge in [-0.25, -0.2) is 4.79 Å². The van der Waals surface area contributed by atoms with Crippen molar-refractivity contribution >= 4 is 12.0 Å². The molecule has 1 aliphatic rings. The predicted molar refractivity (Wildman–Crippen MR) is 73.1 cm³/mol. The minimum atomic E-state index is -0.849. The molecule has 6 heteroatoms. The van der Waals surface area contributed by atoms with Crippen LogP contribution >= 0.6 is 0 Å². The Kier molecular flexibility index (Phi) is 6.62. The van der Waals surface area contributed by atoms with Crippen molar-refractivity contribution in [1.82, 2.24) is 15.5 Å². The van der Waals surface area contributed by atoms with Gasteiger partial charge in [0.25, 0.3) is 0 Å². The van der Waals surface area contributed by atoms with E-state index in [1.54, 1.807) is 0 Å². The molecule has 1 saturated heterocycles. The number of rotatable bonds is 7. The van der Waals surface area contributed by atoms with E-state index in [1.165, 1.54) is 6.42 Å². The maximum Gasteiger partial charge on any atom is 0.314 e. The monoisotopic (exact) mass is 271 g/mol. The third-order valence-electron chi connectivity index (χ3n) is 3.67. The van der Waals surface area contributed by atoms with Crippen LogP contribution in [0.5, 0.6) is 0 Å². The van der Waals surface area contributed by atoms with Crippen molar-refractivity contribution in [3.63, 3.8) is 0 Å². The third-order valence-corrected chi connectivity index (χ3v) is 3.67. The van der Waals surface area contributed by atoms with E-state index in [0.29, 0.717) is 19.0 Å². The summed E-state index contributed by atoms with van der Waals surface area (Å²) in [6.07, 6.45) is 3.65. The first-order valence-corrected chi connectivity index (χ1v) is 6.99. The average Bonchev–Trinajstić information content (AvgIpc) is 2.77. The Bertz CT molecular complexity index is 310. The summed E-state index contributed by atoms with van der Waals surface area (Å²) in [7, 11) is 2.05. The number of likely N-dealkylation sites (tertiary alicyclic amines) is 1. The zero-order chi connectivity index (χ0) is 14.3. The minimum Gasteiger partial charge on any atom is -0.481 e. The summed E-state index contributed by atoms with van der Waals surface area (Å²) in [6, 6.07) is 0.124. The molecule has 3 N–H and O–H groups in total. The van der Waals surface area contributed by atoms with Gasteiger partial charge in [0.2, 0.25) is 0 Å². The van der Waals surface area contributed by atoms with Gasteiger partial charge < -0.3 is 20.6 Å². The largest absolute Gasteiger partial charge is 0.481 e. The molecule has 19 heavy (non-hydrogen) atoms. The van der Waals surface area contributed by atoms with E-state index in [2.05, 4.69) is 22.6 Å². The molecule has 0 radical (unpaired) electrons. The van der Waals surface area contributed by atoms with E-state index < -0.39 is 11.9 Å². The maximum absolute atomic E-state index is 11.6. The van der Waals surface area contributed by atoms with E-state index in [0.717, 1.165) is 19.4 Å². The second-order valence-corrected chi connectivity index (χ2v) is 5.19. The Morgan fingerprint density at radius 3 is 2.68 bits per heavy atom. The fraction of sp³-hybridized carbons (Fsp3) is 0.846. The average molecular weight is 271 g/mol. The molecule has 6 nitrogen and oxygen atoms in total. The predicted octanol–water partition coefficient (Wildman–Crippen LogP) is 0.881. The zero-order valence-corrected chi connectivity index (χ0v) is 11.8. The standard InChI is InChI=1S/C13H25N3O3/c1-3-5-10(12(17)18)8-14-13(19)15-9-11-6-4-7-16(11)2/h10-11H,3-9H2,1-2H3,(H,17,18)(H2,14,15,19). The van der Waals surface area contributed by atoms with Crippen molar-refractivity contribution in [2.45, 2.75) is 38.6 Å². The number of hydrogen-bond acceptors (Lipinski definition) is 3. The van der Waals surface area contributed by atoms with Gasteiger partial charge in [-0.05, 0) is 32.9 Å².